The quantitative estimate of drug-likeness (QED) is 0.140. The average molecular weight is 892 g/mol. The Hall–Kier alpha value is -8.78. The van der Waals surface area contributed by atoms with Gasteiger partial charge < -0.3 is 4.90 Å². The minimum atomic E-state index is -0.468. The van der Waals surface area contributed by atoms with Crippen LogP contribution in [0.5, 0.6) is 0 Å². The van der Waals surface area contributed by atoms with Gasteiger partial charge in [0.1, 0.15) is 0 Å². The van der Waals surface area contributed by atoms with Gasteiger partial charge in [-0.25, -0.2) is 0 Å². The van der Waals surface area contributed by atoms with Gasteiger partial charge in [0.25, 0.3) is 0 Å². The molecule has 0 heterocycles. The van der Waals surface area contributed by atoms with Gasteiger partial charge >= 0.3 is 0 Å². The first-order valence-electron chi connectivity index (χ1n) is 24.6. The van der Waals surface area contributed by atoms with Crippen molar-refractivity contribution >= 4 is 39.5 Å². The predicted molar refractivity (Wildman–Crippen MR) is 294 cm³/mol. The Bertz CT molecular complexity index is 3830. The van der Waals surface area contributed by atoms with E-state index in [0.717, 1.165) is 29.9 Å². The lowest BCUT2D eigenvalue weighted by molar-refractivity contribution is 0.769. The Labute approximate surface area is 410 Å². The van der Waals surface area contributed by atoms with Gasteiger partial charge in [0.15, 0.2) is 0 Å². The standard InChI is InChI=1S/C69H49N/c1-4-21-50(22-5-1)57-35-19-25-51-26-20-37-63(68(51)57)62-34-14-17-40-67(62)70(66-39-16-13-33-61(66)58-36-18-24-49-23-10-11-31-56(49)58)55-44-41-48(42-45-55)52-43-46-60-59-32-12-15-38-64(59)69(65(60)47-52,53-27-6-2-7-28-53)54-29-8-3-9-30-54/h1-19,21-36,38-47H,20,37H2. The van der Waals surface area contributed by atoms with Crippen LogP contribution in [0.2, 0.25) is 0 Å². The molecule has 0 atom stereocenters. The second-order valence-corrected chi connectivity index (χ2v) is 18.6. The average Bonchev–Trinajstić information content (AvgIpc) is 3.74. The Morgan fingerprint density at radius 3 is 1.64 bits per heavy atom. The molecule has 11 aromatic carbocycles. The van der Waals surface area contributed by atoms with Crippen LogP contribution in [0.15, 0.2) is 267 Å². The maximum absolute atomic E-state index is 2.52. The van der Waals surface area contributed by atoms with Crippen LogP contribution in [-0.4, -0.2) is 0 Å². The highest BCUT2D eigenvalue weighted by atomic mass is 15.1. The summed E-state index contributed by atoms with van der Waals surface area (Å²) < 4.78 is 0. The van der Waals surface area contributed by atoms with Crippen LogP contribution in [0.4, 0.5) is 17.1 Å². The largest absolute Gasteiger partial charge is 0.309 e. The first-order valence-corrected chi connectivity index (χ1v) is 24.6. The number of rotatable bonds is 9. The molecular weight excluding hydrogens is 843 g/mol. The van der Waals surface area contributed by atoms with Crippen LogP contribution < -0.4 is 15.3 Å². The Kier molecular flexibility index (Phi) is 10.3. The van der Waals surface area contributed by atoms with Crippen LogP contribution in [0.3, 0.4) is 0 Å². The number of hydrogen-bond donors (Lipinski definition) is 0. The van der Waals surface area contributed by atoms with Crippen molar-refractivity contribution in [2.24, 2.45) is 0 Å². The third-order valence-corrected chi connectivity index (χ3v) is 14.9. The molecule has 0 bridgehead atoms. The number of benzene rings is 11. The highest BCUT2D eigenvalue weighted by Crippen LogP contribution is 2.57. The topological polar surface area (TPSA) is 3.24 Å². The molecule has 0 N–H and O–H groups in total. The molecule has 2 aliphatic carbocycles. The highest BCUT2D eigenvalue weighted by Gasteiger charge is 2.46. The summed E-state index contributed by atoms with van der Waals surface area (Å²) in [7, 11) is 0. The van der Waals surface area contributed by atoms with Gasteiger partial charge in [-0.1, -0.05) is 243 Å². The molecule has 0 saturated carbocycles. The third kappa shape index (κ3) is 6.77. The molecule has 0 amide bonds. The summed E-state index contributed by atoms with van der Waals surface area (Å²) in [6.45, 7) is 0. The minimum Gasteiger partial charge on any atom is -0.309 e. The van der Waals surface area contributed by atoms with Crippen molar-refractivity contribution in [2.75, 3.05) is 4.90 Å². The minimum absolute atomic E-state index is 0.468. The van der Waals surface area contributed by atoms with Crippen molar-refractivity contribution in [1.82, 2.24) is 0 Å². The normalized spacial score (nSPS) is 13.2. The predicted octanol–water partition coefficient (Wildman–Crippen LogP) is 16.4. The van der Waals surface area contributed by atoms with Crippen LogP contribution in [0.1, 0.15) is 40.7 Å². The van der Waals surface area contributed by atoms with E-state index in [9.17, 15) is 0 Å². The summed E-state index contributed by atoms with van der Waals surface area (Å²) in [5, 5.41) is 5.09. The molecule has 1 heteroatoms. The zero-order valence-electron chi connectivity index (χ0n) is 38.8. The van der Waals surface area contributed by atoms with E-state index in [0.29, 0.717) is 0 Å². The number of para-hydroxylation sites is 2. The molecule has 1 nitrogen and oxygen atoms in total. The SMILES string of the molecule is C1=c2cccc(-c3ccccc3)c2=C(c2ccccc2N(c2ccc(-c3ccc4c(c3)C(c3ccccc3)(c3ccccc3)c3ccccc3-4)cc2)c2ccccc2-c2cccc3ccccc23)CC1. The molecule has 0 unspecified atom stereocenters. The first-order chi connectivity index (χ1) is 34.8. The molecular formula is C69H49N. The smallest absolute Gasteiger partial charge is 0.0713 e. The molecule has 70 heavy (non-hydrogen) atoms. The zero-order chi connectivity index (χ0) is 46.4. The third-order valence-electron chi connectivity index (χ3n) is 14.9. The number of nitrogens with zero attached hydrogens (tertiary/aromatic N) is 1. The summed E-state index contributed by atoms with van der Waals surface area (Å²) in [6.07, 6.45) is 4.35. The fourth-order valence-electron chi connectivity index (χ4n) is 11.8. The Morgan fingerprint density at radius 1 is 0.343 bits per heavy atom. The maximum Gasteiger partial charge on any atom is 0.0713 e. The molecule has 0 radical (unpaired) electrons. The van der Waals surface area contributed by atoms with E-state index < -0.39 is 5.41 Å². The van der Waals surface area contributed by atoms with Crippen LogP contribution >= 0.6 is 0 Å². The van der Waals surface area contributed by atoms with E-state index in [1.165, 1.54) is 99.1 Å². The second-order valence-electron chi connectivity index (χ2n) is 18.6. The van der Waals surface area contributed by atoms with Crippen molar-refractivity contribution < 1.29 is 0 Å². The lowest BCUT2D eigenvalue weighted by Crippen LogP contribution is -2.32. The van der Waals surface area contributed by atoms with Crippen LogP contribution in [0.25, 0.3) is 66.9 Å². The van der Waals surface area contributed by atoms with E-state index in [-0.39, 0.29) is 0 Å². The number of hydrogen-bond acceptors (Lipinski definition) is 1. The summed E-state index contributed by atoms with van der Waals surface area (Å²) in [6, 6.07) is 98.8. The maximum atomic E-state index is 2.52. The fraction of sp³-hybridized carbons (Fsp3) is 0.0435. The van der Waals surface area contributed by atoms with E-state index in [2.05, 4.69) is 278 Å². The number of fused-ring (bicyclic) bond motifs is 5. The summed E-state index contributed by atoms with van der Waals surface area (Å²) >= 11 is 0. The summed E-state index contributed by atoms with van der Waals surface area (Å²) in [5.74, 6) is 0. The highest BCUT2D eigenvalue weighted by molar-refractivity contribution is 6.02. The van der Waals surface area contributed by atoms with Crippen LogP contribution in [-0.2, 0) is 5.41 Å². The fourth-order valence-corrected chi connectivity index (χ4v) is 11.8. The van der Waals surface area contributed by atoms with E-state index in [1.54, 1.807) is 0 Å². The van der Waals surface area contributed by atoms with Crippen LogP contribution in [0, 0.1) is 0 Å². The van der Waals surface area contributed by atoms with Gasteiger partial charge in [0.2, 0.25) is 0 Å². The first kappa shape index (κ1) is 41.4. The van der Waals surface area contributed by atoms with Gasteiger partial charge in [0.05, 0.1) is 16.8 Å². The Balaban J connectivity index is 1.01. The second kappa shape index (κ2) is 17.4. The molecule has 2 aliphatic rings. The Morgan fingerprint density at radius 2 is 0.886 bits per heavy atom. The van der Waals surface area contributed by atoms with Crippen molar-refractivity contribution in [1.29, 1.82) is 0 Å². The van der Waals surface area contributed by atoms with Crippen molar-refractivity contribution in [3.63, 3.8) is 0 Å². The molecule has 0 aromatic heterocycles. The molecule has 0 fully saturated rings. The van der Waals surface area contributed by atoms with Gasteiger partial charge in [-0.3, -0.25) is 0 Å². The van der Waals surface area contributed by atoms with Gasteiger partial charge in [-0.05, 0) is 131 Å². The van der Waals surface area contributed by atoms with Crippen molar-refractivity contribution in [3.8, 4) is 44.5 Å². The molecule has 11 aromatic rings. The lowest BCUT2D eigenvalue weighted by Gasteiger charge is -2.34. The molecule has 13 rings (SSSR count). The zero-order valence-corrected chi connectivity index (χ0v) is 38.8. The number of anilines is 3. The molecule has 0 spiro atoms. The molecule has 0 saturated heterocycles. The summed E-state index contributed by atoms with van der Waals surface area (Å²) in [4.78, 5) is 2.52. The van der Waals surface area contributed by atoms with E-state index in [1.807, 2.05) is 0 Å². The van der Waals surface area contributed by atoms with Crippen molar-refractivity contribution in [3.05, 3.63) is 305 Å². The molecule has 0 aliphatic heterocycles. The van der Waals surface area contributed by atoms with E-state index in [4.69, 9.17) is 0 Å². The molecule has 330 valence electrons. The van der Waals surface area contributed by atoms with E-state index >= 15 is 0 Å². The van der Waals surface area contributed by atoms with Gasteiger partial charge in [-0.15, -0.1) is 0 Å². The monoisotopic (exact) mass is 891 g/mol. The van der Waals surface area contributed by atoms with Gasteiger partial charge in [-0.2, -0.15) is 0 Å². The van der Waals surface area contributed by atoms with Gasteiger partial charge in [0, 0.05) is 16.8 Å². The summed E-state index contributed by atoms with van der Waals surface area (Å²) in [5.41, 5.74) is 20.5. The van der Waals surface area contributed by atoms with Crippen molar-refractivity contribution in [2.45, 2.75) is 18.3 Å². The lowest BCUT2D eigenvalue weighted by atomic mass is 9.67.